The van der Waals surface area contributed by atoms with Crippen LogP contribution in [-0.4, -0.2) is 27.6 Å². The van der Waals surface area contributed by atoms with E-state index >= 15 is 0 Å². The molecule has 5 heteroatoms. The zero-order chi connectivity index (χ0) is 17.8. The normalized spacial score (nSPS) is 12.2. The first-order valence-corrected chi connectivity index (χ1v) is 8.58. The minimum atomic E-state index is -0.0983. The van der Waals surface area contributed by atoms with E-state index < -0.39 is 0 Å². The largest absolute Gasteiger partial charge is 0.490 e. The van der Waals surface area contributed by atoms with Crippen LogP contribution in [0.15, 0.2) is 73.4 Å². The Balaban J connectivity index is 1.41. The smallest absolute Gasteiger partial charge is 0.138 e. The average molecular weight is 344 g/mol. The lowest BCUT2D eigenvalue weighted by atomic mass is 10.1. The highest BCUT2D eigenvalue weighted by atomic mass is 16.5. The van der Waals surface area contributed by atoms with Crippen LogP contribution in [-0.2, 0) is 6.42 Å². The molecule has 26 heavy (non-hydrogen) atoms. The van der Waals surface area contributed by atoms with Crippen molar-refractivity contribution in [3.05, 3.63) is 79.0 Å². The van der Waals surface area contributed by atoms with Gasteiger partial charge in [-0.15, -0.1) is 0 Å². The third kappa shape index (κ3) is 3.58. The number of para-hydroxylation sites is 1. The van der Waals surface area contributed by atoms with E-state index in [1.54, 1.807) is 18.6 Å². The quantitative estimate of drug-likeness (QED) is 0.560. The average Bonchev–Trinajstić information content (AvgIpc) is 3.10. The summed E-state index contributed by atoms with van der Waals surface area (Å²) in [6.07, 6.45) is 9.83. The molecule has 1 aromatic carbocycles. The van der Waals surface area contributed by atoms with Crippen LogP contribution in [0.25, 0.3) is 22.0 Å². The fourth-order valence-electron chi connectivity index (χ4n) is 3.05. The standard InChI is InChI=1S/C21H20N4O/c22-18(9-17-12-25-21-4-2-1-3-20(17)21)14-26-19-10-16(11-24-13-19)15-5-7-23-8-6-15/h1-8,10-13,18,25H,9,14,22H2/t18-/m0/s1. The number of aromatic nitrogens is 3. The van der Waals surface area contributed by atoms with Gasteiger partial charge in [0.2, 0.25) is 0 Å². The van der Waals surface area contributed by atoms with Crippen LogP contribution in [0.2, 0.25) is 0 Å². The van der Waals surface area contributed by atoms with Gasteiger partial charge in [-0.25, -0.2) is 0 Å². The van der Waals surface area contributed by atoms with Crippen molar-refractivity contribution in [1.29, 1.82) is 0 Å². The van der Waals surface area contributed by atoms with Crippen LogP contribution in [0.1, 0.15) is 5.56 Å². The highest BCUT2D eigenvalue weighted by Gasteiger charge is 2.10. The monoisotopic (exact) mass is 344 g/mol. The van der Waals surface area contributed by atoms with Crippen molar-refractivity contribution in [1.82, 2.24) is 15.0 Å². The molecule has 0 fully saturated rings. The predicted octanol–water partition coefficient (Wildman–Crippen LogP) is 3.57. The minimum Gasteiger partial charge on any atom is -0.490 e. The summed E-state index contributed by atoms with van der Waals surface area (Å²) in [5.41, 5.74) is 10.7. The van der Waals surface area contributed by atoms with Gasteiger partial charge in [0.25, 0.3) is 0 Å². The zero-order valence-electron chi connectivity index (χ0n) is 14.3. The van der Waals surface area contributed by atoms with E-state index in [9.17, 15) is 0 Å². The number of pyridine rings is 2. The minimum absolute atomic E-state index is 0.0983. The summed E-state index contributed by atoms with van der Waals surface area (Å²) in [5.74, 6) is 0.716. The first-order chi connectivity index (χ1) is 12.8. The van der Waals surface area contributed by atoms with Crippen LogP contribution < -0.4 is 10.5 Å². The van der Waals surface area contributed by atoms with Crippen molar-refractivity contribution in [3.63, 3.8) is 0 Å². The third-order valence-electron chi connectivity index (χ3n) is 4.35. The number of benzene rings is 1. The number of nitrogens with zero attached hydrogens (tertiary/aromatic N) is 2. The van der Waals surface area contributed by atoms with Gasteiger partial charge in [0.15, 0.2) is 0 Å². The molecule has 1 atom stereocenters. The van der Waals surface area contributed by atoms with Gasteiger partial charge in [-0.3, -0.25) is 9.97 Å². The van der Waals surface area contributed by atoms with Gasteiger partial charge in [-0.05, 0) is 41.8 Å². The fourth-order valence-corrected chi connectivity index (χ4v) is 3.05. The maximum atomic E-state index is 6.29. The molecule has 0 aliphatic heterocycles. The molecule has 0 amide bonds. The number of hydrogen-bond donors (Lipinski definition) is 2. The predicted molar refractivity (Wildman–Crippen MR) is 103 cm³/mol. The molecule has 0 bridgehead atoms. The molecule has 5 nitrogen and oxygen atoms in total. The molecule has 3 N–H and O–H groups in total. The number of ether oxygens (including phenoxy) is 1. The topological polar surface area (TPSA) is 76.8 Å². The van der Waals surface area contributed by atoms with Gasteiger partial charge >= 0.3 is 0 Å². The molecular weight excluding hydrogens is 324 g/mol. The van der Waals surface area contributed by atoms with Crippen LogP contribution in [0.4, 0.5) is 0 Å². The Morgan fingerprint density at radius 2 is 1.85 bits per heavy atom. The highest BCUT2D eigenvalue weighted by molar-refractivity contribution is 5.83. The Morgan fingerprint density at radius 3 is 2.73 bits per heavy atom. The Kier molecular flexibility index (Phi) is 4.62. The molecule has 0 spiro atoms. The second-order valence-electron chi connectivity index (χ2n) is 6.28. The van der Waals surface area contributed by atoms with Gasteiger partial charge < -0.3 is 15.5 Å². The summed E-state index contributed by atoms with van der Waals surface area (Å²) in [6, 6.07) is 14.0. The highest BCUT2D eigenvalue weighted by Crippen LogP contribution is 2.22. The number of nitrogens with two attached hydrogens (primary N) is 1. The lowest BCUT2D eigenvalue weighted by Gasteiger charge is -2.13. The molecule has 0 saturated heterocycles. The summed E-state index contributed by atoms with van der Waals surface area (Å²) < 4.78 is 5.88. The van der Waals surface area contributed by atoms with Crippen molar-refractivity contribution in [2.45, 2.75) is 12.5 Å². The van der Waals surface area contributed by atoms with E-state index in [0.717, 1.165) is 23.1 Å². The second-order valence-corrected chi connectivity index (χ2v) is 6.28. The zero-order valence-corrected chi connectivity index (χ0v) is 14.3. The van der Waals surface area contributed by atoms with Gasteiger partial charge in [0.1, 0.15) is 12.4 Å². The lowest BCUT2D eigenvalue weighted by Crippen LogP contribution is -2.30. The van der Waals surface area contributed by atoms with E-state index in [1.807, 2.05) is 42.7 Å². The number of H-pyrrole nitrogens is 1. The molecule has 4 aromatic rings. The molecule has 4 rings (SSSR count). The third-order valence-corrected chi connectivity index (χ3v) is 4.35. The van der Waals surface area contributed by atoms with E-state index in [1.165, 1.54) is 10.9 Å². The molecule has 0 aliphatic rings. The fraction of sp³-hybridized carbons (Fsp3) is 0.143. The van der Waals surface area contributed by atoms with E-state index in [4.69, 9.17) is 10.5 Å². The molecular formula is C21H20N4O. The summed E-state index contributed by atoms with van der Waals surface area (Å²) >= 11 is 0. The molecule has 3 aromatic heterocycles. The maximum absolute atomic E-state index is 6.29. The van der Waals surface area contributed by atoms with Crippen molar-refractivity contribution < 1.29 is 4.74 Å². The van der Waals surface area contributed by atoms with Gasteiger partial charge in [0.05, 0.1) is 6.20 Å². The number of fused-ring (bicyclic) bond motifs is 1. The maximum Gasteiger partial charge on any atom is 0.138 e. The van der Waals surface area contributed by atoms with Crippen molar-refractivity contribution in [2.24, 2.45) is 5.73 Å². The van der Waals surface area contributed by atoms with Crippen molar-refractivity contribution in [2.75, 3.05) is 6.61 Å². The number of aromatic amines is 1. The molecule has 130 valence electrons. The van der Waals surface area contributed by atoms with Gasteiger partial charge in [-0.1, -0.05) is 18.2 Å². The number of nitrogens with one attached hydrogen (secondary N) is 1. The molecule has 0 saturated carbocycles. The number of rotatable bonds is 6. The Bertz CT molecular complexity index is 997. The van der Waals surface area contributed by atoms with E-state index in [0.29, 0.717) is 12.4 Å². The van der Waals surface area contributed by atoms with Gasteiger partial charge in [0, 0.05) is 47.3 Å². The second kappa shape index (κ2) is 7.37. The Morgan fingerprint density at radius 1 is 1.00 bits per heavy atom. The Labute approximate surface area is 151 Å². The van der Waals surface area contributed by atoms with Crippen molar-refractivity contribution >= 4 is 10.9 Å². The summed E-state index contributed by atoms with van der Waals surface area (Å²) in [6.45, 7) is 0.432. The number of hydrogen-bond acceptors (Lipinski definition) is 4. The lowest BCUT2D eigenvalue weighted by molar-refractivity contribution is 0.287. The summed E-state index contributed by atoms with van der Waals surface area (Å²) in [5, 5.41) is 1.21. The molecule has 3 heterocycles. The first kappa shape index (κ1) is 16.3. The Hall–Kier alpha value is -3.18. The molecule has 0 radical (unpaired) electrons. The molecule has 0 unspecified atom stereocenters. The van der Waals surface area contributed by atoms with Crippen LogP contribution >= 0.6 is 0 Å². The van der Waals surface area contributed by atoms with E-state index in [2.05, 4.69) is 27.1 Å². The van der Waals surface area contributed by atoms with Crippen LogP contribution in [0.3, 0.4) is 0 Å². The van der Waals surface area contributed by atoms with E-state index in [-0.39, 0.29) is 6.04 Å². The molecule has 0 aliphatic carbocycles. The SMILES string of the molecule is N[C@H](COc1cncc(-c2ccncc2)c1)Cc1c[nH]c2ccccc12. The van der Waals surface area contributed by atoms with Crippen LogP contribution in [0, 0.1) is 0 Å². The summed E-state index contributed by atoms with van der Waals surface area (Å²) in [7, 11) is 0. The summed E-state index contributed by atoms with van der Waals surface area (Å²) in [4.78, 5) is 11.6. The first-order valence-electron chi connectivity index (χ1n) is 8.58. The van der Waals surface area contributed by atoms with Crippen LogP contribution in [0.5, 0.6) is 5.75 Å². The van der Waals surface area contributed by atoms with Crippen molar-refractivity contribution in [3.8, 4) is 16.9 Å². The van der Waals surface area contributed by atoms with Gasteiger partial charge in [-0.2, -0.15) is 0 Å².